The van der Waals surface area contributed by atoms with E-state index in [1.165, 1.54) is 5.56 Å². The van der Waals surface area contributed by atoms with Crippen LogP contribution < -0.4 is 4.72 Å². The molecule has 0 aliphatic heterocycles. The van der Waals surface area contributed by atoms with E-state index in [-0.39, 0.29) is 10.8 Å². The van der Waals surface area contributed by atoms with E-state index in [1.54, 1.807) is 18.5 Å². The third-order valence-corrected chi connectivity index (χ3v) is 6.36. The number of imidazole rings is 1. The normalized spacial score (nSPS) is 16.9. The molecular weight excluding hydrogens is 346 g/mol. The van der Waals surface area contributed by atoms with Gasteiger partial charge in [0.1, 0.15) is 0 Å². The molecule has 1 heterocycles. The van der Waals surface area contributed by atoms with E-state index in [9.17, 15) is 8.42 Å². The molecule has 5 nitrogen and oxygen atoms in total. The molecule has 0 radical (unpaired) electrons. The first-order valence-corrected chi connectivity index (χ1v) is 10.2. The summed E-state index contributed by atoms with van der Waals surface area (Å²) in [5.41, 5.74) is 5.03. The fourth-order valence-corrected chi connectivity index (χ4v) is 4.74. The molecule has 1 aliphatic carbocycles. The minimum atomic E-state index is -3.61. The number of anilines is 1. The Kier molecular flexibility index (Phi) is 4.28. The van der Waals surface area contributed by atoms with Gasteiger partial charge in [-0.3, -0.25) is 4.72 Å². The number of nitrogens with zero attached hydrogens (tertiary/aromatic N) is 1. The Bertz CT molecular complexity index is 1010. The number of benzene rings is 2. The Labute approximate surface area is 153 Å². The van der Waals surface area contributed by atoms with Gasteiger partial charge in [-0.15, -0.1) is 0 Å². The largest absolute Gasteiger partial charge is 0.348 e. The summed E-state index contributed by atoms with van der Waals surface area (Å²) in [7, 11) is -3.61. The van der Waals surface area contributed by atoms with Gasteiger partial charge in [0.2, 0.25) is 0 Å². The van der Waals surface area contributed by atoms with Crippen LogP contribution in [0.3, 0.4) is 0 Å². The molecule has 0 saturated heterocycles. The van der Waals surface area contributed by atoms with Crippen LogP contribution in [0.5, 0.6) is 0 Å². The van der Waals surface area contributed by atoms with Crippen molar-refractivity contribution >= 4 is 15.7 Å². The zero-order chi connectivity index (χ0) is 18.1. The predicted octanol–water partition coefficient (Wildman–Crippen LogP) is 3.99. The number of aromatic amines is 1. The van der Waals surface area contributed by atoms with Crippen LogP contribution in [-0.2, 0) is 16.4 Å². The number of aryl methyl sites for hydroxylation is 1. The Morgan fingerprint density at radius 2 is 1.96 bits per heavy atom. The fraction of sp³-hybridized carbons (Fsp3) is 0.250. The van der Waals surface area contributed by atoms with Gasteiger partial charge in [-0.05, 0) is 55.5 Å². The number of fused-ring (bicyclic) bond motifs is 1. The summed E-state index contributed by atoms with van der Waals surface area (Å²) in [6.07, 6.45) is 6.45. The van der Waals surface area contributed by atoms with Crippen LogP contribution >= 0.6 is 0 Å². The topological polar surface area (TPSA) is 74.8 Å². The second-order valence-corrected chi connectivity index (χ2v) is 8.43. The van der Waals surface area contributed by atoms with Crippen LogP contribution in [0.2, 0.25) is 0 Å². The third-order valence-electron chi connectivity index (χ3n) is 4.98. The highest BCUT2D eigenvalue weighted by molar-refractivity contribution is 7.92. The zero-order valence-electron chi connectivity index (χ0n) is 14.6. The lowest BCUT2D eigenvalue weighted by molar-refractivity contribution is 0.599. The van der Waals surface area contributed by atoms with Crippen molar-refractivity contribution in [2.75, 3.05) is 4.72 Å². The summed E-state index contributed by atoms with van der Waals surface area (Å²) in [6, 6.07) is 12.7. The van der Waals surface area contributed by atoms with Gasteiger partial charge >= 0.3 is 0 Å². The van der Waals surface area contributed by atoms with Crippen LogP contribution in [0.1, 0.15) is 41.1 Å². The summed E-state index contributed by atoms with van der Waals surface area (Å²) < 4.78 is 28.4. The molecule has 2 aromatic carbocycles. The second-order valence-electron chi connectivity index (χ2n) is 6.74. The lowest BCUT2D eigenvalue weighted by Gasteiger charge is -2.27. The number of rotatable bonds is 4. The number of hydrogen-bond donors (Lipinski definition) is 2. The Hall–Kier alpha value is -2.60. The van der Waals surface area contributed by atoms with Crippen LogP contribution in [0, 0.1) is 6.92 Å². The standard InChI is InChI=1S/C20H21N3O2S/c1-14-8-10-15(11-9-14)26(24,25)23-19-7-3-4-16-17(19)5-2-6-18(16)20-12-21-13-22-20/h3-4,7-13,18,23H,2,5-6H2,1H3,(H,21,22). The minimum absolute atomic E-state index is 0.227. The van der Waals surface area contributed by atoms with Crippen LogP contribution in [0.4, 0.5) is 5.69 Å². The molecule has 1 atom stereocenters. The molecule has 26 heavy (non-hydrogen) atoms. The van der Waals surface area contributed by atoms with Crippen molar-refractivity contribution in [3.8, 4) is 0 Å². The van der Waals surface area contributed by atoms with E-state index in [0.717, 1.165) is 36.1 Å². The lowest BCUT2D eigenvalue weighted by Crippen LogP contribution is -2.18. The quantitative estimate of drug-likeness (QED) is 0.732. The molecule has 134 valence electrons. The Morgan fingerprint density at radius 1 is 1.15 bits per heavy atom. The van der Waals surface area contributed by atoms with Gasteiger partial charge in [-0.1, -0.05) is 29.8 Å². The van der Waals surface area contributed by atoms with Gasteiger partial charge in [-0.25, -0.2) is 13.4 Å². The van der Waals surface area contributed by atoms with E-state index < -0.39 is 10.0 Å². The SMILES string of the molecule is Cc1ccc(S(=O)(=O)Nc2cccc3c2CCCC3c2cnc[nH]2)cc1. The molecule has 0 bridgehead atoms. The van der Waals surface area contributed by atoms with Gasteiger partial charge < -0.3 is 4.98 Å². The van der Waals surface area contributed by atoms with Gasteiger partial charge in [0, 0.05) is 17.8 Å². The number of hydrogen-bond acceptors (Lipinski definition) is 3. The number of nitrogens with one attached hydrogen (secondary N) is 2. The van der Waals surface area contributed by atoms with E-state index >= 15 is 0 Å². The number of H-pyrrole nitrogens is 1. The smallest absolute Gasteiger partial charge is 0.261 e. The van der Waals surface area contributed by atoms with Gasteiger partial charge in [-0.2, -0.15) is 0 Å². The summed E-state index contributed by atoms with van der Waals surface area (Å²) >= 11 is 0. The minimum Gasteiger partial charge on any atom is -0.348 e. The van der Waals surface area contributed by atoms with Crippen molar-refractivity contribution in [1.82, 2.24) is 9.97 Å². The van der Waals surface area contributed by atoms with E-state index in [1.807, 2.05) is 37.4 Å². The van der Waals surface area contributed by atoms with E-state index in [2.05, 4.69) is 20.8 Å². The molecule has 1 aromatic heterocycles. The maximum atomic E-state index is 12.8. The van der Waals surface area contributed by atoms with Crippen molar-refractivity contribution < 1.29 is 8.42 Å². The highest BCUT2D eigenvalue weighted by Gasteiger charge is 2.26. The zero-order valence-corrected chi connectivity index (χ0v) is 15.4. The Balaban J connectivity index is 1.70. The van der Waals surface area contributed by atoms with Crippen LogP contribution in [0.25, 0.3) is 0 Å². The second kappa shape index (κ2) is 6.61. The molecule has 4 rings (SSSR count). The lowest BCUT2D eigenvalue weighted by atomic mass is 9.80. The van der Waals surface area contributed by atoms with Gasteiger partial charge in [0.05, 0.1) is 16.9 Å². The molecule has 0 fully saturated rings. The monoisotopic (exact) mass is 367 g/mol. The van der Waals surface area contributed by atoms with Gasteiger partial charge in [0.15, 0.2) is 0 Å². The molecule has 0 amide bonds. The van der Waals surface area contributed by atoms with Crippen molar-refractivity contribution in [3.63, 3.8) is 0 Å². The molecule has 6 heteroatoms. The number of sulfonamides is 1. The molecule has 2 N–H and O–H groups in total. The first-order valence-electron chi connectivity index (χ1n) is 8.74. The van der Waals surface area contributed by atoms with Crippen LogP contribution in [-0.4, -0.2) is 18.4 Å². The third kappa shape index (κ3) is 3.12. The van der Waals surface area contributed by atoms with Crippen molar-refractivity contribution in [1.29, 1.82) is 0 Å². The molecule has 3 aromatic rings. The molecule has 0 spiro atoms. The van der Waals surface area contributed by atoms with Crippen LogP contribution in [0.15, 0.2) is 59.9 Å². The molecule has 1 aliphatic rings. The van der Waals surface area contributed by atoms with E-state index in [4.69, 9.17) is 0 Å². The average molecular weight is 367 g/mol. The first kappa shape index (κ1) is 16.8. The average Bonchev–Trinajstić information content (AvgIpc) is 3.16. The van der Waals surface area contributed by atoms with E-state index in [0.29, 0.717) is 5.69 Å². The molecule has 0 saturated carbocycles. The highest BCUT2D eigenvalue weighted by Crippen LogP contribution is 2.39. The fourth-order valence-electron chi connectivity index (χ4n) is 3.65. The predicted molar refractivity (Wildman–Crippen MR) is 102 cm³/mol. The maximum Gasteiger partial charge on any atom is 0.261 e. The molecular formula is C20H21N3O2S. The maximum absolute atomic E-state index is 12.8. The van der Waals surface area contributed by atoms with Gasteiger partial charge in [0.25, 0.3) is 10.0 Å². The van der Waals surface area contributed by atoms with Crippen molar-refractivity contribution in [3.05, 3.63) is 77.4 Å². The first-order chi connectivity index (χ1) is 12.5. The number of aromatic nitrogens is 2. The molecule has 1 unspecified atom stereocenters. The van der Waals surface area contributed by atoms with Crippen molar-refractivity contribution in [2.24, 2.45) is 0 Å². The summed E-state index contributed by atoms with van der Waals surface area (Å²) in [5.74, 6) is 0.227. The Morgan fingerprint density at radius 3 is 2.69 bits per heavy atom. The van der Waals surface area contributed by atoms with Crippen molar-refractivity contribution in [2.45, 2.75) is 37.0 Å². The summed E-state index contributed by atoms with van der Waals surface area (Å²) in [4.78, 5) is 7.61. The summed E-state index contributed by atoms with van der Waals surface area (Å²) in [6.45, 7) is 1.94. The highest BCUT2D eigenvalue weighted by atomic mass is 32.2. The summed E-state index contributed by atoms with van der Waals surface area (Å²) in [5, 5.41) is 0.